The number of nitrogens with zero attached hydrogens (tertiary/aromatic N) is 1. The maximum absolute atomic E-state index is 12.2. The second-order valence-electron chi connectivity index (χ2n) is 6.90. The summed E-state index contributed by atoms with van der Waals surface area (Å²) in [6.45, 7) is 5.60. The second-order valence-corrected chi connectivity index (χ2v) is 7.72. The Morgan fingerprint density at radius 2 is 1.96 bits per heavy atom. The highest BCUT2D eigenvalue weighted by atomic mass is 35.5. The molecule has 25 heavy (non-hydrogen) atoms. The Morgan fingerprint density at radius 3 is 2.52 bits per heavy atom. The summed E-state index contributed by atoms with van der Waals surface area (Å²) in [6.07, 6.45) is -0.848. The highest BCUT2D eigenvalue weighted by Gasteiger charge is 2.42. The third-order valence-corrected chi connectivity index (χ3v) is 4.38. The Balaban J connectivity index is 2.00. The maximum Gasteiger partial charge on any atom is 0.411 e. The van der Waals surface area contributed by atoms with Crippen LogP contribution in [0.1, 0.15) is 32.8 Å². The third kappa shape index (κ3) is 5.49. The first-order valence-corrected chi connectivity index (χ1v) is 8.60. The van der Waals surface area contributed by atoms with E-state index in [1.165, 1.54) is 4.90 Å². The first-order valence-electron chi connectivity index (χ1n) is 7.85. The molecule has 0 unspecified atom stereocenters. The molecule has 0 aromatic heterocycles. The monoisotopic (exact) mass is 389 g/mol. The van der Waals surface area contributed by atoms with Gasteiger partial charge in [0.2, 0.25) is 0 Å². The Morgan fingerprint density at radius 1 is 1.28 bits per heavy atom. The number of carbonyl (C=O) groups is 2. The Bertz CT molecular complexity index is 659. The number of amides is 1. The minimum absolute atomic E-state index is 0.160. The van der Waals surface area contributed by atoms with Crippen molar-refractivity contribution in [1.29, 1.82) is 0 Å². The van der Waals surface area contributed by atoms with E-state index in [0.29, 0.717) is 10.0 Å². The van der Waals surface area contributed by atoms with Crippen molar-refractivity contribution >= 4 is 35.3 Å². The van der Waals surface area contributed by atoms with E-state index in [1.807, 2.05) is 0 Å². The molecule has 1 fully saturated rings. The molecule has 0 saturated carbocycles. The number of halogens is 2. The van der Waals surface area contributed by atoms with Crippen LogP contribution in [0.15, 0.2) is 18.2 Å². The fourth-order valence-corrected chi connectivity index (χ4v) is 2.84. The number of ether oxygens (including phenoxy) is 2. The minimum atomic E-state index is -1.08. The molecule has 1 heterocycles. The molecule has 6 nitrogen and oxygen atoms in total. The summed E-state index contributed by atoms with van der Waals surface area (Å²) >= 11 is 11.8. The van der Waals surface area contributed by atoms with Gasteiger partial charge in [-0.1, -0.05) is 29.3 Å². The van der Waals surface area contributed by atoms with Crippen molar-refractivity contribution in [2.75, 3.05) is 6.54 Å². The van der Waals surface area contributed by atoms with Gasteiger partial charge in [-0.05, 0) is 38.5 Å². The van der Waals surface area contributed by atoms with E-state index >= 15 is 0 Å². The van der Waals surface area contributed by atoms with Crippen molar-refractivity contribution in [3.8, 4) is 0 Å². The van der Waals surface area contributed by atoms with Gasteiger partial charge in [0.15, 0.2) is 0 Å². The lowest BCUT2D eigenvalue weighted by molar-refractivity contribution is -0.142. The van der Waals surface area contributed by atoms with Crippen LogP contribution in [-0.2, 0) is 20.9 Å². The summed E-state index contributed by atoms with van der Waals surface area (Å²) in [6, 6.07) is 4.18. The van der Waals surface area contributed by atoms with Gasteiger partial charge in [-0.25, -0.2) is 9.59 Å². The molecule has 0 bridgehead atoms. The molecule has 1 amide bonds. The molecular weight excluding hydrogens is 369 g/mol. The number of likely N-dealkylation sites (tertiary alicyclic amines) is 1. The number of aliphatic carboxylic acids is 1. The molecule has 1 aliphatic rings. The number of carboxylic acid groups (broad SMARTS) is 1. The highest BCUT2D eigenvalue weighted by molar-refractivity contribution is 6.42. The van der Waals surface area contributed by atoms with Gasteiger partial charge in [0.1, 0.15) is 11.6 Å². The molecule has 0 aliphatic carbocycles. The van der Waals surface area contributed by atoms with Gasteiger partial charge in [-0.2, -0.15) is 0 Å². The molecule has 138 valence electrons. The summed E-state index contributed by atoms with van der Waals surface area (Å²) in [5, 5.41) is 10.2. The Hall–Kier alpha value is -1.50. The van der Waals surface area contributed by atoms with E-state index in [9.17, 15) is 14.7 Å². The SMILES string of the molecule is CC(C)(C)OC(=O)N1C[C@H](OCc2ccc(Cl)c(Cl)c2)C[C@H]1C(=O)O. The maximum atomic E-state index is 12.2. The molecule has 0 radical (unpaired) electrons. The fraction of sp³-hybridized carbons (Fsp3) is 0.529. The number of hydrogen-bond donors (Lipinski definition) is 1. The molecule has 1 aromatic carbocycles. The number of carbonyl (C=O) groups excluding carboxylic acids is 1. The van der Waals surface area contributed by atoms with Gasteiger partial charge in [0.25, 0.3) is 0 Å². The van der Waals surface area contributed by atoms with E-state index in [4.69, 9.17) is 32.7 Å². The molecule has 1 N–H and O–H groups in total. The lowest BCUT2D eigenvalue weighted by atomic mass is 10.2. The summed E-state index contributed by atoms with van der Waals surface area (Å²) in [7, 11) is 0. The van der Waals surface area contributed by atoms with Gasteiger partial charge in [-0.3, -0.25) is 4.90 Å². The molecule has 2 atom stereocenters. The van der Waals surface area contributed by atoms with Gasteiger partial charge < -0.3 is 14.6 Å². The Kier molecular flexibility index (Phi) is 6.19. The van der Waals surface area contributed by atoms with Crippen molar-refractivity contribution in [3.05, 3.63) is 33.8 Å². The minimum Gasteiger partial charge on any atom is -0.480 e. The number of rotatable bonds is 4. The molecule has 1 aliphatic heterocycles. The van der Waals surface area contributed by atoms with Crippen LogP contribution >= 0.6 is 23.2 Å². The largest absolute Gasteiger partial charge is 0.480 e. The average Bonchev–Trinajstić information content (AvgIpc) is 2.91. The van der Waals surface area contributed by atoms with Crippen LogP contribution in [0.5, 0.6) is 0 Å². The van der Waals surface area contributed by atoms with Crippen LogP contribution in [0.4, 0.5) is 4.79 Å². The van der Waals surface area contributed by atoms with Gasteiger partial charge in [-0.15, -0.1) is 0 Å². The zero-order chi connectivity index (χ0) is 18.8. The van der Waals surface area contributed by atoms with Crippen molar-refractivity contribution in [3.63, 3.8) is 0 Å². The first-order chi connectivity index (χ1) is 11.6. The zero-order valence-corrected chi connectivity index (χ0v) is 15.8. The quantitative estimate of drug-likeness (QED) is 0.842. The van der Waals surface area contributed by atoms with Gasteiger partial charge >= 0.3 is 12.1 Å². The topological polar surface area (TPSA) is 76.1 Å². The zero-order valence-electron chi connectivity index (χ0n) is 14.3. The van der Waals surface area contributed by atoms with E-state index in [1.54, 1.807) is 39.0 Å². The van der Waals surface area contributed by atoms with Crippen molar-refractivity contribution in [1.82, 2.24) is 4.90 Å². The van der Waals surface area contributed by atoms with E-state index in [-0.39, 0.29) is 19.6 Å². The van der Waals surface area contributed by atoms with E-state index in [0.717, 1.165) is 5.56 Å². The highest BCUT2D eigenvalue weighted by Crippen LogP contribution is 2.26. The predicted molar refractivity (Wildman–Crippen MR) is 94.0 cm³/mol. The lowest BCUT2D eigenvalue weighted by Gasteiger charge is -2.26. The summed E-state index contributed by atoms with van der Waals surface area (Å²) in [4.78, 5) is 24.9. The van der Waals surface area contributed by atoms with E-state index in [2.05, 4.69) is 0 Å². The summed E-state index contributed by atoms with van der Waals surface area (Å²) in [5.41, 5.74) is 0.121. The summed E-state index contributed by atoms with van der Waals surface area (Å²) in [5.74, 6) is -1.08. The van der Waals surface area contributed by atoms with Gasteiger partial charge in [0, 0.05) is 6.42 Å². The molecule has 1 saturated heterocycles. The lowest BCUT2D eigenvalue weighted by Crippen LogP contribution is -2.43. The van der Waals surface area contributed by atoms with Crippen molar-refractivity contribution in [2.24, 2.45) is 0 Å². The van der Waals surface area contributed by atoms with Gasteiger partial charge in [0.05, 0.1) is 29.3 Å². The second kappa shape index (κ2) is 7.81. The fourth-order valence-electron chi connectivity index (χ4n) is 2.52. The predicted octanol–water partition coefficient (Wildman–Crippen LogP) is 3.97. The number of carboxylic acids is 1. The molecule has 2 rings (SSSR count). The van der Waals surface area contributed by atoms with Crippen LogP contribution in [-0.4, -0.2) is 46.4 Å². The summed E-state index contributed by atoms with van der Waals surface area (Å²) < 4.78 is 11.0. The molecule has 0 spiro atoms. The van der Waals surface area contributed by atoms with E-state index < -0.39 is 29.8 Å². The van der Waals surface area contributed by atoms with Crippen LogP contribution in [0, 0.1) is 0 Å². The molecule has 8 heteroatoms. The first kappa shape index (κ1) is 19.8. The van der Waals surface area contributed by atoms with Crippen molar-refractivity contribution < 1.29 is 24.2 Å². The van der Waals surface area contributed by atoms with Crippen LogP contribution < -0.4 is 0 Å². The normalized spacial score (nSPS) is 20.6. The van der Waals surface area contributed by atoms with Crippen LogP contribution in [0.25, 0.3) is 0 Å². The standard InChI is InChI=1S/C17H21Cl2NO5/c1-17(2,3)25-16(23)20-8-11(7-14(20)15(21)22)24-9-10-4-5-12(18)13(19)6-10/h4-6,11,14H,7-9H2,1-3H3,(H,21,22)/t11-,14+/m1/s1. The van der Waals surface area contributed by atoms with Crippen LogP contribution in [0.3, 0.4) is 0 Å². The molecular formula is C17H21Cl2NO5. The van der Waals surface area contributed by atoms with Crippen molar-refractivity contribution in [2.45, 2.75) is 51.5 Å². The molecule has 1 aromatic rings. The number of benzene rings is 1. The smallest absolute Gasteiger partial charge is 0.411 e. The Labute approximate surface area is 156 Å². The third-order valence-electron chi connectivity index (χ3n) is 3.65. The average molecular weight is 390 g/mol. The number of hydrogen-bond acceptors (Lipinski definition) is 4. The van der Waals surface area contributed by atoms with Crippen LogP contribution in [0.2, 0.25) is 10.0 Å².